The molecule has 0 unspecified atom stereocenters. The van der Waals surface area contributed by atoms with Crippen molar-refractivity contribution in [2.24, 2.45) is 15.0 Å². The summed E-state index contributed by atoms with van der Waals surface area (Å²) in [6.07, 6.45) is 2.87. The third-order valence-corrected chi connectivity index (χ3v) is 3.48. The summed E-state index contributed by atoms with van der Waals surface area (Å²) in [4.78, 5) is 23.6. The molecule has 0 spiro atoms. The van der Waals surface area contributed by atoms with E-state index < -0.39 is 0 Å². The molecule has 25 heavy (non-hydrogen) atoms. The van der Waals surface area contributed by atoms with Crippen LogP contribution in [0, 0.1) is 0 Å². The van der Waals surface area contributed by atoms with Crippen LogP contribution in [0.3, 0.4) is 0 Å². The van der Waals surface area contributed by atoms with Gasteiger partial charge in [-0.15, -0.1) is 0 Å². The summed E-state index contributed by atoms with van der Waals surface area (Å²) in [5.41, 5.74) is 1.14. The van der Waals surface area contributed by atoms with Gasteiger partial charge in [0.15, 0.2) is 0 Å². The first-order chi connectivity index (χ1) is 12.0. The monoisotopic (exact) mass is 345 g/mol. The number of phenols is 1. The van der Waals surface area contributed by atoms with Gasteiger partial charge in [-0.1, -0.05) is 19.1 Å². The van der Waals surface area contributed by atoms with E-state index in [4.69, 9.17) is 0 Å². The summed E-state index contributed by atoms with van der Waals surface area (Å²) in [6, 6.07) is 7.28. The van der Waals surface area contributed by atoms with Crippen LogP contribution in [0.2, 0.25) is 0 Å². The number of guanidine groups is 2. The Kier molecular flexibility index (Phi) is 8.92. The Morgan fingerprint density at radius 2 is 1.96 bits per heavy atom. The normalized spacial score (nSPS) is 13.2. The standard InChI is InChI=1S/C18H27N5O2/c1-5-6-16(25)22-18(20-4)23-17(19-3)21-13(2)7-8-14-9-11-15(24)12-10-14/h9-13,24H,4-8H2,1-3H3,(H2,19,21,22,23,25)/t13-/m1/s1. The van der Waals surface area contributed by atoms with E-state index >= 15 is 0 Å². The average Bonchev–Trinajstić information content (AvgIpc) is 2.60. The molecule has 0 aliphatic carbocycles. The molecule has 1 aromatic rings. The number of aliphatic imine (C=N–C) groups is 3. The van der Waals surface area contributed by atoms with Crippen LogP contribution in [0.25, 0.3) is 0 Å². The molecule has 1 aromatic carbocycles. The molecule has 7 nitrogen and oxygen atoms in total. The fourth-order valence-electron chi connectivity index (χ4n) is 2.10. The van der Waals surface area contributed by atoms with Crippen molar-refractivity contribution < 1.29 is 9.90 Å². The van der Waals surface area contributed by atoms with Crippen LogP contribution in [0.1, 0.15) is 38.7 Å². The van der Waals surface area contributed by atoms with Crippen LogP contribution in [-0.2, 0) is 11.2 Å². The van der Waals surface area contributed by atoms with Gasteiger partial charge in [0.05, 0.1) is 0 Å². The van der Waals surface area contributed by atoms with Crippen LogP contribution in [0.15, 0.2) is 39.2 Å². The molecule has 0 aromatic heterocycles. The predicted octanol–water partition coefficient (Wildman–Crippen LogP) is 2.26. The molecule has 0 saturated carbocycles. The second-order valence-corrected chi connectivity index (χ2v) is 5.69. The van der Waals surface area contributed by atoms with E-state index in [1.807, 2.05) is 26.0 Å². The third kappa shape index (κ3) is 8.10. The Bertz CT molecular complexity index is 623. The third-order valence-electron chi connectivity index (χ3n) is 3.48. The average molecular weight is 345 g/mol. The van der Waals surface area contributed by atoms with Crippen molar-refractivity contribution in [3.05, 3.63) is 29.8 Å². The van der Waals surface area contributed by atoms with Crippen molar-refractivity contribution in [3.63, 3.8) is 0 Å². The fraction of sp³-hybridized carbons (Fsp3) is 0.444. The Balaban J connectivity index is 2.58. The SMILES string of the molecule is C=N/C(=N\C(=NC)N[C@H](C)CCc1ccc(O)cc1)NC(=O)CCC. The van der Waals surface area contributed by atoms with Crippen molar-refractivity contribution in [1.82, 2.24) is 10.6 Å². The van der Waals surface area contributed by atoms with Gasteiger partial charge in [0, 0.05) is 19.5 Å². The van der Waals surface area contributed by atoms with Gasteiger partial charge in [-0.05, 0) is 50.6 Å². The van der Waals surface area contributed by atoms with Crippen LogP contribution in [-0.4, -0.2) is 42.7 Å². The fourth-order valence-corrected chi connectivity index (χ4v) is 2.10. The summed E-state index contributed by atoms with van der Waals surface area (Å²) in [5.74, 6) is 0.637. The summed E-state index contributed by atoms with van der Waals surface area (Å²) in [5, 5.41) is 15.1. The van der Waals surface area contributed by atoms with Gasteiger partial charge in [-0.25, -0.2) is 4.99 Å². The number of phenolic OH excluding ortho intramolecular Hbond substituents is 1. The quantitative estimate of drug-likeness (QED) is 0.545. The van der Waals surface area contributed by atoms with E-state index in [2.05, 4.69) is 32.3 Å². The first-order valence-corrected chi connectivity index (χ1v) is 8.35. The van der Waals surface area contributed by atoms with E-state index in [1.165, 1.54) is 0 Å². The molecule has 1 rings (SSSR count). The van der Waals surface area contributed by atoms with Gasteiger partial charge in [0.2, 0.25) is 17.8 Å². The van der Waals surface area contributed by atoms with Gasteiger partial charge >= 0.3 is 0 Å². The van der Waals surface area contributed by atoms with Crippen molar-refractivity contribution in [2.45, 2.75) is 45.6 Å². The lowest BCUT2D eigenvalue weighted by Gasteiger charge is -2.15. The molecule has 0 heterocycles. The highest BCUT2D eigenvalue weighted by Gasteiger charge is 2.08. The second-order valence-electron chi connectivity index (χ2n) is 5.69. The Hall–Kier alpha value is -2.70. The summed E-state index contributed by atoms with van der Waals surface area (Å²) in [6.45, 7) is 7.38. The number of carbonyl (C=O) groups excluding carboxylic acids is 1. The molecule has 0 radical (unpaired) electrons. The zero-order valence-electron chi connectivity index (χ0n) is 15.1. The molecule has 0 bridgehead atoms. The maximum atomic E-state index is 11.6. The number of benzene rings is 1. The molecule has 0 aliphatic rings. The molecule has 136 valence electrons. The first kappa shape index (κ1) is 20.3. The topological polar surface area (TPSA) is 98.4 Å². The van der Waals surface area contributed by atoms with E-state index in [1.54, 1.807) is 19.2 Å². The van der Waals surface area contributed by atoms with E-state index in [9.17, 15) is 9.90 Å². The van der Waals surface area contributed by atoms with Gasteiger partial charge < -0.3 is 10.4 Å². The smallest absolute Gasteiger partial charge is 0.232 e. The molecule has 0 saturated heterocycles. The Labute approximate surface area is 149 Å². The lowest BCUT2D eigenvalue weighted by Crippen LogP contribution is -2.35. The Morgan fingerprint density at radius 1 is 1.28 bits per heavy atom. The van der Waals surface area contributed by atoms with Crippen molar-refractivity contribution in [3.8, 4) is 5.75 Å². The summed E-state index contributed by atoms with van der Waals surface area (Å²) < 4.78 is 0. The minimum absolute atomic E-state index is 0.119. The minimum atomic E-state index is -0.149. The van der Waals surface area contributed by atoms with Gasteiger partial charge in [0.1, 0.15) is 5.75 Å². The lowest BCUT2D eigenvalue weighted by atomic mass is 10.1. The second kappa shape index (κ2) is 11.0. The zero-order valence-corrected chi connectivity index (χ0v) is 15.1. The minimum Gasteiger partial charge on any atom is -0.508 e. The highest BCUT2D eigenvalue weighted by Crippen LogP contribution is 2.11. The maximum absolute atomic E-state index is 11.6. The molecule has 1 amide bonds. The highest BCUT2D eigenvalue weighted by atomic mass is 16.3. The van der Waals surface area contributed by atoms with E-state index in [0.717, 1.165) is 24.8 Å². The largest absolute Gasteiger partial charge is 0.508 e. The molecular weight excluding hydrogens is 318 g/mol. The first-order valence-electron chi connectivity index (χ1n) is 8.35. The van der Waals surface area contributed by atoms with Gasteiger partial charge in [-0.2, -0.15) is 4.99 Å². The van der Waals surface area contributed by atoms with E-state index in [0.29, 0.717) is 12.4 Å². The molecular formula is C18H27N5O2. The number of nitrogens with zero attached hydrogens (tertiary/aromatic N) is 3. The lowest BCUT2D eigenvalue weighted by molar-refractivity contribution is -0.119. The molecule has 3 N–H and O–H groups in total. The van der Waals surface area contributed by atoms with Crippen LogP contribution in [0.4, 0.5) is 0 Å². The summed E-state index contributed by atoms with van der Waals surface area (Å²) >= 11 is 0. The number of nitrogens with one attached hydrogen (secondary N) is 2. The zero-order chi connectivity index (χ0) is 18.7. The predicted molar refractivity (Wildman–Crippen MR) is 102 cm³/mol. The Morgan fingerprint density at radius 3 is 2.52 bits per heavy atom. The van der Waals surface area contributed by atoms with Crippen LogP contribution >= 0.6 is 0 Å². The summed E-state index contributed by atoms with van der Waals surface area (Å²) in [7, 11) is 1.62. The molecule has 0 fully saturated rings. The number of amides is 1. The molecule has 0 aliphatic heterocycles. The molecule has 7 heteroatoms. The number of rotatable bonds is 6. The molecule has 1 atom stereocenters. The van der Waals surface area contributed by atoms with Gasteiger partial charge in [0.25, 0.3) is 0 Å². The van der Waals surface area contributed by atoms with Gasteiger partial charge in [-0.3, -0.25) is 15.1 Å². The number of carbonyl (C=O) groups is 1. The number of hydrogen-bond donors (Lipinski definition) is 3. The van der Waals surface area contributed by atoms with Crippen LogP contribution < -0.4 is 10.6 Å². The van der Waals surface area contributed by atoms with Crippen molar-refractivity contribution >= 4 is 24.5 Å². The highest BCUT2D eigenvalue weighted by molar-refractivity contribution is 6.04. The maximum Gasteiger partial charge on any atom is 0.232 e. The van der Waals surface area contributed by atoms with E-state index in [-0.39, 0.29) is 23.7 Å². The van der Waals surface area contributed by atoms with Crippen molar-refractivity contribution in [2.75, 3.05) is 7.05 Å². The van der Waals surface area contributed by atoms with Crippen molar-refractivity contribution in [1.29, 1.82) is 0 Å². The van der Waals surface area contributed by atoms with Crippen LogP contribution in [0.5, 0.6) is 5.75 Å². The number of aromatic hydroxyl groups is 1. The number of hydrogen-bond acceptors (Lipinski definition) is 3. The number of aryl methyl sites for hydroxylation is 1.